The molecule has 0 unspecified atom stereocenters. The van der Waals surface area contributed by atoms with Gasteiger partial charge in [0.15, 0.2) is 11.5 Å². The molecule has 0 radical (unpaired) electrons. The highest BCUT2D eigenvalue weighted by atomic mass is 16.5. The minimum atomic E-state index is -0.765. The molecule has 0 atom stereocenters. The van der Waals surface area contributed by atoms with E-state index in [4.69, 9.17) is 9.47 Å². The van der Waals surface area contributed by atoms with E-state index < -0.39 is 11.8 Å². The first-order valence-electron chi connectivity index (χ1n) is 8.74. The number of hydrogen-bond donors (Lipinski definition) is 2. The van der Waals surface area contributed by atoms with Crippen molar-refractivity contribution < 1.29 is 19.1 Å². The molecule has 27 heavy (non-hydrogen) atoms. The Labute approximate surface area is 159 Å². The average Bonchev–Trinajstić information content (AvgIpc) is 2.64. The molecule has 7 heteroatoms. The monoisotopic (exact) mass is 371 g/mol. The first-order valence-corrected chi connectivity index (χ1v) is 8.74. The Balaban J connectivity index is 2.03. The Morgan fingerprint density at radius 3 is 1.89 bits per heavy atom. The number of nitrogens with zero attached hydrogens (tertiary/aromatic N) is 1. The van der Waals surface area contributed by atoms with Crippen molar-refractivity contribution in [3.63, 3.8) is 0 Å². The molecule has 0 saturated heterocycles. The van der Waals surface area contributed by atoms with Crippen LogP contribution in [0.5, 0.6) is 11.5 Å². The third-order valence-electron chi connectivity index (χ3n) is 3.65. The number of anilines is 3. The number of nitrogens with one attached hydrogen (secondary N) is 2. The van der Waals surface area contributed by atoms with Gasteiger partial charge in [0.2, 0.25) is 0 Å². The highest BCUT2D eigenvalue weighted by Crippen LogP contribution is 2.30. The van der Waals surface area contributed by atoms with E-state index in [1.54, 1.807) is 30.3 Å². The Hall–Kier alpha value is -3.22. The quantitative estimate of drug-likeness (QED) is 0.731. The maximum absolute atomic E-state index is 12.2. The number of rotatable bonds is 7. The van der Waals surface area contributed by atoms with Gasteiger partial charge in [-0.2, -0.15) is 0 Å². The largest absolute Gasteiger partial charge is 0.490 e. The number of hydrogen-bond acceptors (Lipinski definition) is 5. The topological polar surface area (TPSA) is 79.9 Å². The van der Waals surface area contributed by atoms with Crippen LogP contribution in [-0.2, 0) is 9.59 Å². The molecule has 7 nitrogen and oxygen atoms in total. The molecule has 2 aromatic carbocycles. The van der Waals surface area contributed by atoms with Gasteiger partial charge in [-0.05, 0) is 50.2 Å². The van der Waals surface area contributed by atoms with Crippen molar-refractivity contribution in [3.05, 3.63) is 42.5 Å². The van der Waals surface area contributed by atoms with Gasteiger partial charge < -0.3 is 25.0 Å². The van der Waals surface area contributed by atoms with E-state index in [2.05, 4.69) is 10.6 Å². The summed E-state index contributed by atoms with van der Waals surface area (Å²) in [6.07, 6.45) is 0. The van der Waals surface area contributed by atoms with E-state index in [1.165, 1.54) is 0 Å². The normalized spacial score (nSPS) is 10.1. The highest BCUT2D eigenvalue weighted by Gasteiger charge is 2.15. The summed E-state index contributed by atoms with van der Waals surface area (Å²) in [5.74, 6) is -0.419. The van der Waals surface area contributed by atoms with Crippen LogP contribution in [0.15, 0.2) is 42.5 Å². The van der Waals surface area contributed by atoms with Crippen molar-refractivity contribution >= 4 is 28.9 Å². The summed E-state index contributed by atoms with van der Waals surface area (Å²) < 4.78 is 11.0. The van der Waals surface area contributed by atoms with Gasteiger partial charge in [-0.3, -0.25) is 9.59 Å². The second-order valence-electron chi connectivity index (χ2n) is 5.88. The molecule has 0 saturated carbocycles. The second kappa shape index (κ2) is 9.47. The lowest BCUT2D eigenvalue weighted by Crippen LogP contribution is -2.29. The number of amides is 2. The van der Waals surface area contributed by atoms with Crippen molar-refractivity contribution in [3.8, 4) is 11.5 Å². The molecule has 144 valence electrons. The summed E-state index contributed by atoms with van der Waals surface area (Å²) in [7, 11) is 3.85. The van der Waals surface area contributed by atoms with Gasteiger partial charge in [0.1, 0.15) is 0 Å². The van der Waals surface area contributed by atoms with E-state index in [0.29, 0.717) is 36.1 Å². The maximum Gasteiger partial charge on any atom is 0.314 e. The number of ether oxygens (including phenoxy) is 2. The lowest BCUT2D eigenvalue weighted by Gasteiger charge is -2.14. The minimum absolute atomic E-state index is 0.449. The predicted molar refractivity (Wildman–Crippen MR) is 107 cm³/mol. The summed E-state index contributed by atoms with van der Waals surface area (Å²) in [4.78, 5) is 26.2. The molecule has 0 spiro atoms. The zero-order valence-electron chi connectivity index (χ0n) is 16.0. The van der Waals surface area contributed by atoms with Crippen molar-refractivity contribution in [2.24, 2.45) is 0 Å². The van der Waals surface area contributed by atoms with Crippen molar-refractivity contribution in [2.75, 3.05) is 42.8 Å². The molecule has 0 aliphatic heterocycles. The van der Waals surface area contributed by atoms with Crippen LogP contribution in [0.3, 0.4) is 0 Å². The average molecular weight is 371 g/mol. The van der Waals surface area contributed by atoms with Gasteiger partial charge in [-0.15, -0.1) is 0 Å². The van der Waals surface area contributed by atoms with Crippen LogP contribution in [0.25, 0.3) is 0 Å². The summed E-state index contributed by atoms with van der Waals surface area (Å²) in [6, 6.07) is 12.2. The van der Waals surface area contributed by atoms with Gasteiger partial charge in [0, 0.05) is 37.2 Å². The van der Waals surface area contributed by atoms with Gasteiger partial charge in [-0.25, -0.2) is 0 Å². The van der Waals surface area contributed by atoms with Gasteiger partial charge >= 0.3 is 11.8 Å². The molecule has 2 amide bonds. The third kappa shape index (κ3) is 5.64. The van der Waals surface area contributed by atoms with Crippen LogP contribution in [0.2, 0.25) is 0 Å². The highest BCUT2D eigenvalue weighted by molar-refractivity contribution is 6.43. The Morgan fingerprint density at radius 2 is 1.33 bits per heavy atom. The number of carbonyl (C=O) groups is 2. The van der Waals surface area contributed by atoms with Crippen LogP contribution in [0.1, 0.15) is 13.8 Å². The maximum atomic E-state index is 12.2. The van der Waals surface area contributed by atoms with Crippen LogP contribution in [-0.4, -0.2) is 39.1 Å². The van der Waals surface area contributed by atoms with Crippen LogP contribution in [0, 0.1) is 0 Å². The molecule has 2 rings (SSSR count). The standard InChI is InChI=1S/C20H25N3O4/c1-5-26-17-12-9-15(13-18(17)27-6-2)22-20(25)19(24)21-14-7-10-16(11-8-14)23(3)4/h7-13H,5-6H2,1-4H3,(H,21,24)(H,22,25). The van der Waals surface area contributed by atoms with Crippen molar-refractivity contribution in [2.45, 2.75) is 13.8 Å². The van der Waals surface area contributed by atoms with E-state index >= 15 is 0 Å². The Morgan fingerprint density at radius 1 is 0.815 bits per heavy atom. The number of benzene rings is 2. The fourth-order valence-corrected chi connectivity index (χ4v) is 2.35. The lowest BCUT2D eigenvalue weighted by atomic mass is 10.2. The first-order chi connectivity index (χ1) is 12.9. The summed E-state index contributed by atoms with van der Waals surface area (Å²) in [5, 5.41) is 5.14. The van der Waals surface area contributed by atoms with E-state index in [9.17, 15) is 9.59 Å². The van der Waals surface area contributed by atoms with Crippen LogP contribution < -0.4 is 25.0 Å². The molecular weight excluding hydrogens is 346 g/mol. The van der Waals surface area contributed by atoms with Gasteiger partial charge in [0.25, 0.3) is 0 Å². The SMILES string of the molecule is CCOc1ccc(NC(=O)C(=O)Nc2ccc(N(C)C)cc2)cc1OCC. The predicted octanol–water partition coefficient (Wildman–Crippen LogP) is 3.13. The smallest absolute Gasteiger partial charge is 0.314 e. The van der Waals surface area contributed by atoms with E-state index in [0.717, 1.165) is 5.69 Å². The van der Waals surface area contributed by atoms with Gasteiger partial charge in [-0.1, -0.05) is 0 Å². The molecule has 0 heterocycles. The zero-order valence-corrected chi connectivity index (χ0v) is 16.0. The lowest BCUT2D eigenvalue weighted by molar-refractivity contribution is -0.132. The Bertz CT molecular complexity index is 788. The van der Waals surface area contributed by atoms with E-state index in [1.807, 2.05) is 45.0 Å². The van der Waals surface area contributed by atoms with Gasteiger partial charge in [0.05, 0.1) is 13.2 Å². The molecule has 0 aliphatic rings. The van der Waals surface area contributed by atoms with Crippen LogP contribution >= 0.6 is 0 Å². The fraction of sp³-hybridized carbons (Fsp3) is 0.300. The molecular formula is C20H25N3O4. The second-order valence-corrected chi connectivity index (χ2v) is 5.88. The van der Waals surface area contributed by atoms with E-state index in [-0.39, 0.29) is 0 Å². The fourth-order valence-electron chi connectivity index (χ4n) is 2.35. The minimum Gasteiger partial charge on any atom is -0.490 e. The summed E-state index contributed by atoms with van der Waals surface area (Å²) in [6.45, 7) is 4.69. The molecule has 0 fully saturated rings. The first kappa shape index (κ1) is 20.1. The zero-order chi connectivity index (χ0) is 19.8. The molecule has 0 bridgehead atoms. The summed E-state index contributed by atoms with van der Waals surface area (Å²) in [5.41, 5.74) is 1.99. The molecule has 2 aromatic rings. The molecule has 0 aromatic heterocycles. The van der Waals surface area contributed by atoms with Crippen LogP contribution in [0.4, 0.5) is 17.1 Å². The third-order valence-corrected chi connectivity index (χ3v) is 3.65. The number of carbonyl (C=O) groups excluding carboxylic acids is 2. The van der Waals surface area contributed by atoms with Crippen molar-refractivity contribution in [1.82, 2.24) is 0 Å². The molecule has 2 N–H and O–H groups in total. The molecule has 0 aliphatic carbocycles. The Kier molecular flexibility index (Phi) is 7.05. The van der Waals surface area contributed by atoms with Crippen molar-refractivity contribution in [1.29, 1.82) is 0 Å². The summed E-state index contributed by atoms with van der Waals surface area (Å²) >= 11 is 0.